The topological polar surface area (TPSA) is 85.4 Å². The fraction of sp³-hybridized carbons (Fsp3) is 0.312. The first-order valence-corrected chi connectivity index (χ1v) is 7.39. The van der Waals surface area contributed by atoms with Crippen LogP contribution in [0, 0.1) is 0 Å². The molecule has 6 heteroatoms. The van der Waals surface area contributed by atoms with E-state index in [2.05, 4.69) is 20.3 Å². The van der Waals surface area contributed by atoms with Gasteiger partial charge in [-0.3, -0.25) is 9.98 Å². The lowest BCUT2D eigenvalue weighted by molar-refractivity contribution is 0.195. The van der Waals surface area contributed by atoms with Crippen LogP contribution in [0.4, 0.5) is 11.5 Å². The van der Waals surface area contributed by atoms with Gasteiger partial charge in [0.15, 0.2) is 0 Å². The second kappa shape index (κ2) is 5.38. The zero-order chi connectivity index (χ0) is 14.9. The summed E-state index contributed by atoms with van der Waals surface area (Å²) in [5.74, 6) is 0.490. The van der Waals surface area contributed by atoms with Gasteiger partial charge in [-0.05, 0) is 24.1 Å². The lowest BCUT2D eigenvalue weighted by atomic mass is 10.1. The molecule has 0 aromatic carbocycles. The summed E-state index contributed by atoms with van der Waals surface area (Å²) in [6, 6.07) is 4.17. The van der Waals surface area contributed by atoms with Gasteiger partial charge in [-0.15, -0.1) is 0 Å². The molecule has 1 saturated heterocycles. The van der Waals surface area contributed by atoms with Crippen molar-refractivity contribution >= 4 is 34.3 Å². The number of nitrogens with one attached hydrogen (secondary N) is 1. The standard InChI is InChI=1S/C16H17N5O/c17-15-6-14(20-12-2-4-22-9-12)16-13(21-15)5-11(8-19-16)10-1-3-18-7-10/h1,3,5-6,8,12H,2,4,7,9H2,(H3,17,20,21)/t12-/m1/s1. The number of rotatable bonds is 3. The lowest BCUT2D eigenvalue weighted by Gasteiger charge is -2.15. The second-order valence-corrected chi connectivity index (χ2v) is 5.57. The summed E-state index contributed by atoms with van der Waals surface area (Å²) < 4.78 is 5.41. The molecule has 0 aliphatic carbocycles. The molecular formula is C16H17N5O. The number of aromatic nitrogens is 2. The highest BCUT2D eigenvalue weighted by Crippen LogP contribution is 2.27. The average molecular weight is 295 g/mol. The number of nitrogens with two attached hydrogens (primary N) is 1. The first-order valence-electron chi connectivity index (χ1n) is 7.39. The first kappa shape index (κ1) is 13.2. The van der Waals surface area contributed by atoms with Crippen molar-refractivity contribution in [1.29, 1.82) is 0 Å². The Morgan fingerprint density at radius 3 is 3.05 bits per heavy atom. The first-order chi connectivity index (χ1) is 10.8. The van der Waals surface area contributed by atoms with Crippen molar-refractivity contribution in [1.82, 2.24) is 9.97 Å². The molecule has 1 fully saturated rings. The van der Waals surface area contributed by atoms with Gasteiger partial charge in [-0.25, -0.2) is 4.98 Å². The zero-order valence-electron chi connectivity index (χ0n) is 12.1. The van der Waals surface area contributed by atoms with Crippen molar-refractivity contribution < 1.29 is 4.74 Å². The minimum absolute atomic E-state index is 0.303. The largest absolute Gasteiger partial charge is 0.384 e. The van der Waals surface area contributed by atoms with Crippen molar-refractivity contribution in [3.8, 4) is 0 Å². The van der Waals surface area contributed by atoms with Crippen LogP contribution in [0.2, 0.25) is 0 Å². The summed E-state index contributed by atoms with van der Waals surface area (Å²) in [4.78, 5) is 13.2. The van der Waals surface area contributed by atoms with E-state index in [0.717, 1.165) is 40.9 Å². The highest BCUT2D eigenvalue weighted by Gasteiger charge is 2.17. The smallest absolute Gasteiger partial charge is 0.126 e. The minimum atomic E-state index is 0.303. The van der Waals surface area contributed by atoms with E-state index in [4.69, 9.17) is 10.5 Å². The molecular weight excluding hydrogens is 278 g/mol. The maximum atomic E-state index is 5.95. The SMILES string of the molecule is Nc1cc(N[C@@H]2CCOC2)c2ncc(C3=CC=NC3)cc2n1. The van der Waals surface area contributed by atoms with E-state index in [0.29, 0.717) is 25.0 Å². The van der Waals surface area contributed by atoms with Gasteiger partial charge in [0.2, 0.25) is 0 Å². The van der Waals surface area contributed by atoms with E-state index < -0.39 is 0 Å². The van der Waals surface area contributed by atoms with E-state index in [9.17, 15) is 0 Å². The Morgan fingerprint density at radius 2 is 2.27 bits per heavy atom. The molecule has 0 saturated carbocycles. The minimum Gasteiger partial charge on any atom is -0.384 e. The molecule has 4 rings (SSSR count). The Balaban J connectivity index is 1.73. The summed E-state index contributed by atoms with van der Waals surface area (Å²) >= 11 is 0. The number of nitrogens with zero attached hydrogens (tertiary/aromatic N) is 3. The molecule has 2 aliphatic heterocycles. The molecule has 22 heavy (non-hydrogen) atoms. The summed E-state index contributed by atoms with van der Waals surface area (Å²) in [5.41, 5.74) is 10.7. The molecule has 0 bridgehead atoms. The highest BCUT2D eigenvalue weighted by molar-refractivity contribution is 5.94. The van der Waals surface area contributed by atoms with Gasteiger partial charge in [-0.2, -0.15) is 0 Å². The Labute approximate surface area is 128 Å². The predicted octanol–water partition coefficient (Wildman–Crippen LogP) is 1.88. The van der Waals surface area contributed by atoms with Crippen LogP contribution < -0.4 is 11.1 Å². The molecule has 0 radical (unpaired) electrons. The van der Waals surface area contributed by atoms with Crippen molar-refractivity contribution in [2.75, 3.05) is 30.8 Å². The van der Waals surface area contributed by atoms with E-state index in [-0.39, 0.29) is 0 Å². The number of aliphatic imine (C=N–C) groups is 1. The van der Waals surface area contributed by atoms with E-state index in [1.54, 1.807) is 0 Å². The van der Waals surface area contributed by atoms with Crippen LogP contribution in [0.1, 0.15) is 12.0 Å². The number of pyridine rings is 2. The van der Waals surface area contributed by atoms with Gasteiger partial charge in [0, 0.05) is 30.6 Å². The summed E-state index contributed by atoms with van der Waals surface area (Å²) in [6.07, 6.45) is 6.69. The van der Waals surface area contributed by atoms with Crippen LogP contribution in [0.25, 0.3) is 16.6 Å². The third-order valence-corrected chi connectivity index (χ3v) is 3.97. The summed E-state index contributed by atoms with van der Waals surface area (Å²) in [7, 11) is 0. The summed E-state index contributed by atoms with van der Waals surface area (Å²) in [6.45, 7) is 2.20. The van der Waals surface area contributed by atoms with Gasteiger partial charge in [-0.1, -0.05) is 0 Å². The van der Waals surface area contributed by atoms with Crippen LogP contribution in [0.15, 0.2) is 29.4 Å². The van der Waals surface area contributed by atoms with Crippen LogP contribution in [-0.2, 0) is 4.74 Å². The normalized spacial score (nSPS) is 20.5. The number of anilines is 2. The van der Waals surface area contributed by atoms with E-state index >= 15 is 0 Å². The molecule has 2 aromatic heterocycles. The fourth-order valence-electron chi connectivity index (χ4n) is 2.82. The summed E-state index contributed by atoms with van der Waals surface area (Å²) in [5, 5.41) is 3.47. The lowest BCUT2D eigenvalue weighted by Crippen LogP contribution is -2.19. The Morgan fingerprint density at radius 1 is 1.32 bits per heavy atom. The van der Waals surface area contributed by atoms with E-state index in [1.165, 1.54) is 0 Å². The molecule has 1 atom stereocenters. The molecule has 112 valence electrons. The van der Waals surface area contributed by atoms with Crippen molar-refractivity contribution in [2.24, 2.45) is 4.99 Å². The van der Waals surface area contributed by atoms with Crippen LogP contribution in [0.3, 0.4) is 0 Å². The molecule has 0 amide bonds. The highest BCUT2D eigenvalue weighted by atomic mass is 16.5. The molecule has 0 unspecified atom stereocenters. The molecule has 4 heterocycles. The zero-order valence-corrected chi connectivity index (χ0v) is 12.1. The number of hydrogen-bond donors (Lipinski definition) is 2. The Bertz CT molecular complexity index is 777. The Hall–Kier alpha value is -2.47. The van der Waals surface area contributed by atoms with E-state index in [1.807, 2.05) is 30.6 Å². The average Bonchev–Trinajstić information content (AvgIpc) is 3.20. The Kier molecular flexibility index (Phi) is 3.23. The third kappa shape index (κ3) is 2.42. The number of fused-ring (bicyclic) bond motifs is 1. The van der Waals surface area contributed by atoms with Gasteiger partial charge < -0.3 is 15.8 Å². The quantitative estimate of drug-likeness (QED) is 0.903. The van der Waals surface area contributed by atoms with Crippen LogP contribution in [0.5, 0.6) is 0 Å². The number of ether oxygens (including phenoxy) is 1. The van der Waals surface area contributed by atoms with Crippen molar-refractivity contribution in [3.05, 3.63) is 30.0 Å². The molecule has 6 nitrogen and oxygen atoms in total. The fourth-order valence-corrected chi connectivity index (χ4v) is 2.82. The van der Waals surface area contributed by atoms with Crippen LogP contribution >= 0.6 is 0 Å². The maximum Gasteiger partial charge on any atom is 0.126 e. The second-order valence-electron chi connectivity index (χ2n) is 5.57. The maximum absolute atomic E-state index is 5.95. The third-order valence-electron chi connectivity index (χ3n) is 3.97. The van der Waals surface area contributed by atoms with Gasteiger partial charge in [0.05, 0.1) is 30.4 Å². The van der Waals surface area contributed by atoms with Crippen LogP contribution in [-0.4, -0.2) is 42.0 Å². The molecule has 0 spiro atoms. The number of allylic oxidation sites excluding steroid dienone is 1. The van der Waals surface area contributed by atoms with Crippen molar-refractivity contribution in [2.45, 2.75) is 12.5 Å². The van der Waals surface area contributed by atoms with Gasteiger partial charge >= 0.3 is 0 Å². The molecule has 2 aromatic rings. The monoisotopic (exact) mass is 295 g/mol. The predicted molar refractivity (Wildman–Crippen MR) is 88.1 cm³/mol. The number of nitrogen functional groups attached to an aromatic ring is 1. The van der Waals surface area contributed by atoms with Gasteiger partial charge in [0.25, 0.3) is 0 Å². The molecule has 3 N–H and O–H groups in total. The van der Waals surface area contributed by atoms with Crippen molar-refractivity contribution in [3.63, 3.8) is 0 Å². The molecule has 2 aliphatic rings. The van der Waals surface area contributed by atoms with Gasteiger partial charge in [0.1, 0.15) is 11.3 Å². The number of hydrogen-bond acceptors (Lipinski definition) is 6.